The molecular weight excluding hydrogens is 324 g/mol. The van der Waals surface area contributed by atoms with Crippen LogP contribution in [-0.4, -0.2) is 54.1 Å². The van der Waals surface area contributed by atoms with E-state index in [0.717, 1.165) is 5.56 Å². The zero-order chi connectivity index (χ0) is 18.4. The summed E-state index contributed by atoms with van der Waals surface area (Å²) < 4.78 is 10.6. The highest BCUT2D eigenvalue weighted by Gasteiger charge is 2.45. The third-order valence-corrected chi connectivity index (χ3v) is 4.05. The molecule has 2 rings (SSSR count). The van der Waals surface area contributed by atoms with Crippen LogP contribution in [0.5, 0.6) is 0 Å². The summed E-state index contributed by atoms with van der Waals surface area (Å²) in [5.41, 5.74) is 1.08. The average Bonchev–Trinajstić information content (AvgIpc) is 2.81. The van der Waals surface area contributed by atoms with Gasteiger partial charge in [0.2, 0.25) is 5.91 Å². The smallest absolute Gasteiger partial charge is 0.303 e. The lowest BCUT2D eigenvalue weighted by atomic mass is 10.1. The fraction of sp³-hybridized carbons (Fsp3) is 0.500. The molecule has 1 heterocycles. The maximum absolute atomic E-state index is 11.5. The SMILES string of the molecule is CC(=O)N[C@H]1CN(Cc2ccccc2)[C@@H](COC(C)=O)[C@@H]1OC(C)=O. The second-order valence-electron chi connectivity index (χ2n) is 6.17. The van der Waals surface area contributed by atoms with Crippen molar-refractivity contribution in [3.63, 3.8) is 0 Å². The van der Waals surface area contributed by atoms with Gasteiger partial charge in [-0.15, -0.1) is 0 Å². The van der Waals surface area contributed by atoms with E-state index < -0.39 is 18.0 Å². The third kappa shape index (κ3) is 5.56. The molecule has 0 unspecified atom stereocenters. The molecule has 0 bridgehead atoms. The number of nitrogens with one attached hydrogen (secondary N) is 1. The van der Waals surface area contributed by atoms with E-state index in [9.17, 15) is 14.4 Å². The molecule has 0 saturated carbocycles. The first kappa shape index (κ1) is 18.9. The Labute approximate surface area is 147 Å². The second kappa shape index (κ2) is 8.62. The normalized spacial score (nSPS) is 23.1. The van der Waals surface area contributed by atoms with Crippen LogP contribution in [-0.2, 0) is 30.4 Å². The van der Waals surface area contributed by atoms with Crippen LogP contribution in [0.2, 0.25) is 0 Å². The molecule has 1 aliphatic rings. The van der Waals surface area contributed by atoms with Crippen molar-refractivity contribution in [2.24, 2.45) is 0 Å². The predicted octanol–water partition coefficient (Wildman–Crippen LogP) is 0.870. The molecule has 1 fully saturated rings. The Morgan fingerprint density at radius 3 is 2.36 bits per heavy atom. The number of likely N-dealkylation sites (tertiary alicyclic amines) is 1. The summed E-state index contributed by atoms with van der Waals surface area (Å²) in [5.74, 6) is -1.03. The molecule has 0 aliphatic carbocycles. The van der Waals surface area contributed by atoms with Gasteiger partial charge in [-0.3, -0.25) is 19.3 Å². The number of carbonyl (C=O) groups is 3. The number of amides is 1. The van der Waals surface area contributed by atoms with Crippen molar-refractivity contribution in [2.75, 3.05) is 13.2 Å². The van der Waals surface area contributed by atoms with Crippen LogP contribution < -0.4 is 5.32 Å². The van der Waals surface area contributed by atoms with Gasteiger partial charge in [0.05, 0.1) is 12.1 Å². The number of esters is 2. The van der Waals surface area contributed by atoms with Gasteiger partial charge in [0.25, 0.3) is 0 Å². The van der Waals surface area contributed by atoms with Crippen molar-refractivity contribution in [1.82, 2.24) is 10.2 Å². The summed E-state index contributed by atoms with van der Waals surface area (Å²) in [4.78, 5) is 36.3. The molecule has 1 aromatic carbocycles. The maximum Gasteiger partial charge on any atom is 0.303 e. The van der Waals surface area contributed by atoms with E-state index in [1.165, 1.54) is 20.8 Å². The predicted molar refractivity (Wildman–Crippen MR) is 90.4 cm³/mol. The largest absolute Gasteiger partial charge is 0.464 e. The first-order valence-electron chi connectivity index (χ1n) is 8.22. The van der Waals surface area contributed by atoms with Crippen molar-refractivity contribution in [3.05, 3.63) is 35.9 Å². The summed E-state index contributed by atoms with van der Waals surface area (Å²) in [6, 6.07) is 9.13. The molecule has 1 amide bonds. The first-order chi connectivity index (χ1) is 11.9. The minimum atomic E-state index is -0.579. The van der Waals surface area contributed by atoms with Crippen LogP contribution in [0.3, 0.4) is 0 Å². The maximum atomic E-state index is 11.5. The highest BCUT2D eigenvalue weighted by Crippen LogP contribution is 2.25. The Bertz CT molecular complexity index is 619. The van der Waals surface area contributed by atoms with Crippen LogP contribution in [0.15, 0.2) is 30.3 Å². The molecule has 136 valence electrons. The van der Waals surface area contributed by atoms with Gasteiger partial charge in [0.15, 0.2) is 0 Å². The van der Waals surface area contributed by atoms with Gasteiger partial charge in [-0.2, -0.15) is 0 Å². The lowest BCUT2D eigenvalue weighted by Crippen LogP contribution is -2.47. The van der Waals surface area contributed by atoms with Crippen LogP contribution in [0.4, 0.5) is 0 Å². The molecule has 1 aromatic rings. The lowest BCUT2D eigenvalue weighted by Gasteiger charge is -2.27. The first-order valence-corrected chi connectivity index (χ1v) is 8.22. The van der Waals surface area contributed by atoms with Gasteiger partial charge >= 0.3 is 11.9 Å². The zero-order valence-electron chi connectivity index (χ0n) is 14.7. The topological polar surface area (TPSA) is 84.9 Å². The van der Waals surface area contributed by atoms with Crippen molar-refractivity contribution in [3.8, 4) is 0 Å². The second-order valence-corrected chi connectivity index (χ2v) is 6.17. The number of hydrogen-bond acceptors (Lipinski definition) is 6. The van der Waals surface area contributed by atoms with Crippen molar-refractivity contribution in [1.29, 1.82) is 0 Å². The monoisotopic (exact) mass is 348 g/mol. The standard InChI is InChI=1S/C18H24N2O5/c1-12(21)19-16-10-20(9-15-7-5-4-6-8-15)17(11-24-13(2)22)18(16)25-14(3)23/h4-8,16-18H,9-11H2,1-3H3,(H,19,21)/t16-,17-,18+/m0/s1. The molecule has 1 aliphatic heterocycles. The van der Waals surface area contributed by atoms with Crippen molar-refractivity contribution >= 4 is 17.8 Å². The Hall–Kier alpha value is -2.41. The molecule has 1 N–H and O–H groups in total. The minimum absolute atomic E-state index is 0.0935. The number of ether oxygens (including phenoxy) is 2. The fourth-order valence-electron chi connectivity index (χ4n) is 3.11. The number of benzene rings is 1. The summed E-state index contributed by atoms with van der Waals surface area (Å²) in [7, 11) is 0. The average molecular weight is 348 g/mol. The molecule has 0 radical (unpaired) electrons. The fourth-order valence-corrected chi connectivity index (χ4v) is 3.11. The number of nitrogens with zero attached hydrogens (tertiary/aromatic N) is 1. The van der Waals surface area contributed by atoms with Crippen molar-refractivity contribution in [2.45, 2.75) is 45.5 Å². The summed E-state index contributed by atoms with van der Waals surface area (Å²) >= 11 is 0. The lowest BCUT2D eigenvalue weighted by molar-refractivity contribution is -0.152. The molecule has 0 aromatic heterocycles. The van der Waals surface area contributed by atoms with Crippen molar-refractivity contribution < 1.29 is 23.9 Å². The molecule has 3 atom stereocenters. The van der Waals surface area contributed by atoms with Crippen LogP contribution >= 0.6 is 0 Å². The van der Waals surface area contributed by atoms with Gasteiger partial charge < -0.3 is 14.8 Å². The van der Waals surface area contributed by atoms with Gasteiger partial charge in [-0.05, 0) is 5.56 Å². The van der Waals surface area contributed by atoms with E-state index in [1.54, 1.807) is 0 Å². The van der Waals surface area contributed by atoms with Crippen LogP contribution in [0, 0.1) is 0 Å². The highest BCUT2D eigenvalue weighted by molar-refractivity contribution is 5.73. The summed E-state index contributed by atoms with van der Waals surface area (Å²) in [6.45, 7) is 5.27. The molecule has 25 heavy (non-hydrogen) atoms. The van der Waals surface area contributed by atoms with E-state index in [4.69, 9.17) is 9.47 Å². The Morgan fingerprint density at radius 1 is 1.12 bits per heavy atom. The highest BCUT2D eigenvalue weighted by atomic mass is 16.6. The Balaban J connectivity index is 2.22. The summed E-state index contributed by atoms with van der Waals surface area (Å²) in [5, 5.41) is 2.83. The van der Waals surface area contributed by atoms with E-state index in [2.05, 4.69) is 10.2 Å². The van der Waals surface area contributed by atoms with Gasteiger partial charge in [0, 0.05) is 33.9 Å². The molecule has 0 spiro atoms. The molecule has 7 heteroatoms. The molecule has 7 nitrogen and oxygen atoms in total. The zero-order valence-corrected chi connectivity index (χ0v) is 14.7. The summed E-state index contributed by atoms with van der Waals surface area (Å²) in [6.07, 6.45) is -0.579. The Kier molecular flexibility index (Phi) is 6.52. The van der Waals surface area contributed by atoms with E-state index in [-0.39, 0.29) is 24.6 Å². The molecular formula is C18H24N2O5. The number of hydrogen-bond donors (Lipinski definition) is 1. The minimum Gasteiger partial charge on any atom is -0.464 e. The van der Waals surface area contributed by atoms with Gasteiger partial charge in [-0.1, -0.05) is 30.3 Å². The quantitative estimate of drug-likeness (QED) is 0.768. The van der Waals surface area contributed by atoms with Crippen LogP contribution in [0.25, 0.3) is 0 Å². The van der Waals surface area contributed by atoms with Crippen LogP contribution in [0.1, 0.15) is 26.3 Å². The van der Waals surface area contributed by atoms with Gasteiger partial charge in [0.1, 0.15) is 12.7 Å². The number of carbonyl (C=O) groups excluding carboxylic acids is 3. The number of rotatable bonds is 6. The van der Waals surface area contributed by atoms with Gasteiger partial charge in [-0.25, -0.2) is 0 Å². The Morgan fingerprint density at radius 2 is 1.80 bits per heavy atom. The molecule has 1 saturated heterocycles. The van der Waals surface area contributed by atoms with E-state index in [0.29, 0.717) is 13.1 Å². The third-order valence-electron chi connectivity index (χ3n) is 4.05. The van der Waals surface area contributed by atoms with E-state index in [1.807, 2.05) is 30.3 Å². The van der Waals surface area contributed by atoms with E-state index >= 15 is 0 Å².